The van der Waals surface area contributed by atoms with Crippen LogP contribution in [0, 0.1) is 0 Å². The first-order valence-electron chi connectivity index (χ1n) is 18.9. The molecule has 0 spiro atoms. The van der Waals surface area contributed by atoms with E-state index in [0.717, 1.165) is 22.3 Å². The first-order chi connectivity index (χ1) is 27.8. The molecule has 0 saturated carbocycles. The van der Waals surface area contributed by atoms with Crippen molar-refractivity contribution in [3.8, 4) is 56.4 Å². The lowest BCUT2D eigenvalue weighted by Crippen LogP contribution is -2.29. The lowest BCUT2D eigenvalue weighted by Gasteiger charge is -2.35. The van der Waals surface area contributed by atoms with Crippen molar-refractivity contribution in [3.05, 3.63) is 222 Å². The smallest absolute Gasteiger partial charge is 0.164 e. The van der Waals surface area contributed by atoms with E-state index in [9.17, 15) is 0 Å². The predicted octanol–water partition coefficient (Wildman–Crippen LogP) is 13.3. The van der Waals surface area contributed by atoms with E-state index in [0.29, 0.717) is 17.5 Å². The van der Waals surface area contributed by atoms with Gasteiger partial charge in [-0.25, -0.2) is 15.0 Å². The van der Waals surface area contributed by atoms with Crippen LogP contribution in [0.4, 0.5) is 0 Å². The standard InChI is InChI=1S/C52H33N3S/c1-4-17-34(18-5-1)49-53-50(36-20-14-19-35(33-36)39-27-15-29-43-41-26-11-13-32-46(41)56-48(39)43)55-51(54-49)44-30-16-28-42-40-25-10-12-31-45(40)52(47(42)44,37-21-6-2-7-22-37)38-23-8-3-9-24-38/h1-33H. The maximum atomic E-state index is 5.40. The van der Waals surface area contributed by atoms with Crippen LogP contribution in [-0.2, 0) is 5.41 Å². The normalized spacial score (nSPS) is 12.8. The van der Waals surface area contributed by atoms with Crippen LogP contribution in [-0.4, -0.2) is 15.0 Å². The highest BCUT2D eigenvalue weighted by atomic mass is 32.1. The lowest BCUT2D eigenvalue weighted by molar-refractivity contribution is 0.769. The van der Waals surface area contributed by atoms with Crippen molar-refractivity contribution in [3.63, 3.8) is 0 Å². The van der Waals surface area contributed by atoms with Gasteiger partial charge < -0.3 is 0 Å². The van der Waals surface area contributed by atoms with Crippen molar-refractivity contribution in [2.75, 3.05) is 0 Å². The first kappa shape index (κ1) is 32.4. The monoisotopic (exact) mass is 731 g/mol. The molecular formula is C52H33N3S. The predicted molar refractivity (Wildman–Crippen MR) is 232 cm³/mol. The largest absolute Gasteiger partial charge is 0.208 e. The summed E-state index contributed by atoms with van der Waals surface area (Å²) in [6.07, 6.45) is 0. The fourth-order valence-corrected chi connectivity index (χ4v) is 10.1. The van der Waals surface area contributed by atoms with Crippen LogP contribution in [0.25, 0.3) is 76.6 Å². The fourth-order valence-electron chi connectivity index (χ4n) is 8.83. The third kappa shape index (κ3) is 5.00. The second kappa shape index (κ2) is 13.1. The molecule has 0 bridgehead atoms. The van der Waals surface area contributed by atoms with Crippen LogP contribution in [0.15, 0.2) is 200 Å². The minimum atomic E-state index is -0.604. The Morgan fingerprint density at radius 3 is 1.66 bits per heavy atom. The highest BCUT2D eigenvalue weighted by molar-refractivity contribution is 7.26. The summed E-state index contributed by atoms with van der Waals surface area (Å²) >= 11 is 1.85. The topological polar surface area (TPSA) is 38.7 Å². The maximum absolute atomic E-state index is 5.40. The molecule has 0 N–H and O–H groups in total. The quantitative estimate of drug-likeness (QED) is 0.171. The van der Waals surface area contributed by atoms with Gasteiger partial charge in [0.05, 0.1) is 5.41 Å². The minimum absolute atomic E-state index is 0.604. The molecule has 4 heteroatoms. The van der Waals surface area contributed by atoms with Gasteiger partial charge in [0.15, 0.2) is 17.5 Å². The molecule has 0 atom stereocenters. The van der Waals surface area contributed by atoms with Crippen molar-refractivity contribution < 1.29 is 0 Å². The van der Waals surface area contributed by atoms with Crippen molar-refractivity contribution in [1.82, 2.24) is 15.0 Å². The summed E-state index contributed by atoms with van der Waals surface area (Å²) in [5.41, 5.74) is 11.8. The zero-order chi connectivity index (χ0) is 37.1. The summed E-state index contributed by atoms with van der Waals surface area (Å²) in [4.78, 5) is 15.9. The van der Waals surface area contributed by atoms with Crippen LogP contribution in [0.5, 0.6) is 0 Å². The van der Waals surface area contributed by atoms with E-state index < -0.39 is 5.41 Å². The van der Waals surface area contributed by atoms with E-state index in [4.69, 9.17) is 15.0 Å². The highest BCUT2D eigenvalue weighted by Crippen LogP contribution is 2.58. The first-order valence-corrected chi connectivity index (χ1v) is 19.8. The second-order valence-electron chi connectivity index (χ2n) is 14.3. The van der Waals surface area contributed by atoms with Crippen LogP contribution in [0.1, 0.15) is 22.3 Å². The molecule has 0 aliphatic heterocycles. The fraction of sp³-hybridized carbons (Fsp3) is 0.0192. The number of benzene rings is 8. The maximum Gasteiger partial charge on any atom is 0.164 e. The third-order valence-electron chi connectivity index (χ3n) is 11.2. The van der Waals surface area contributed by atoms with Crippen molar-refractivity contribution in [2.24, 2.45) is 0 Å². The van der Waals surface area contributed by atoms with Gasteiger partial charge in [-0.05, 0) is 56.6 Å². The average Bonchev–Trinajstić information content (AvgIpc) is 3.82. The Kier molecular flexibility index (Phi) is 7.58. The summed E-state index contributed by atoms with van der Waals surface area (Å²) in [6, 6.07) is 71.4. The molecule has 0 saturated heterocycles. The Labute approximate surface area is 329 Å². The van der Waals surface area contributed by atoms with Gasteiger partial charge in [-0.1, -0.05) is 188 Å². The molecule has 11 rings (SSSR count). The van der Waals surface area contributed by atoms with Gasteiger partial charge in [0.25, 0.3) is 0 Å². The van der Waals surface area contributed by atoms with Crippen LogP contribution in [0.2, 0.25) is 0 Å². The zero-order valence-corrected chi connectivity index (χ0v) is 31.1. The molecular weight excluding hydrogens is 699 g/mol. The van der Waals surface area contributed by atoms with Gasteiger partial charge >= 0.3 is 0 Å². The molecule has 1 aliphatic rings. The van der Waals surface area contributed by atoms with Gasteiger partial charge in [0.2, 0.25) is 0 Å². The minimum Gasteiger partial charge on any atom is -0.208 e. The average molecular weight is 732 g/mol. The Balaban J connectivity index is 1.16. The summed E-state index contributed by atoms with van der Waals surface area (Å²) in [7, 11) is 0. The van der Waals surface area contributed by atoms with E-state index in [-0.39, 0.29) is 0 Å². The van der Waals surface area contributed by atoms with Gasteiger partial charge in [-0.15, -0.1) is 11.3 Å². The van der Waals surface area contributed by atoms with Gasteiger partial charge in [0, 0.05) is 36.9 Å². The van der Waals surface area contributed by atoms with Gasteiger partial charge in [-0.2, -0.15) is 0 Å². The number of hydrogen-bond acceptors (Lipinski definition) is 4. The summed E-state index contributed by atoms with van der Waals surface area (Å²) in [5, 5.41) is 2.57. The number of hydrogen-bond donors (Lipinski definition) is 0. The molecule has 8 aromatic carbocycles. The molecule has 0 unspecified atom stereocenters. The van der Waals surface area contributed by atoms with E-state index >= 15 is 0 Å². The summed E-state index contributed by atoms with van der Waals surface area (Å²) in [5.74, 6) is 1.92. The second-order valence-corrected chi connectivity index (χ2v) is 15.3. The number of rotatable bonds is 6. The summed E-state index contributed by atoms with van der Waals surface area (Å²) < 4.78 is 2.57. The summed E-state index contributed by atoms with van der Waals surface area (Å²) in [6.45, 7) is 0. The van der Waals surface area contributed by atoms with E-state index in [2.05, 4.69) is 182 Å². The van der Waals surface area contributed by atoms with E-state index in [1.807, 2.05) is 29.5 Å². The molecule has 3 nitrogen and oxygen atoms in total. The van der Waals surface area contributed by atoms with E-state index in [1.165, 1.54) is 59.1 Å². The van der Waals surface area contributed by atoms with Crippen molar-refractivity contribution >= 4 is 31.5 Å². The zero-order valence-electron chi connectivity index (χ0n) is 30.3. The molecule has 1 aliphatic carbocycles. The van der Waals surface area contributed by atoms with E-state index in [1.54, 1.807) is 0 Å². The number of aromatic nitrogens is 3. The van der Waals surface area contributed by atoms with Crippen LogP contribution < -0.4 is 0 Å². The van der Waals surface area contributed by atoms with Crippen molar-refractivity contribution in [2.45, 2.75) is 5.41 Å². The Morgan fingerprint density at radius 1 is 0.357 bits per heavy atom. The van der Waals surface area contributed by atoms with Gasteiger partial charge in [0.1, 0.15) is 0 Å². The van der Waals surface area contributed by atoms with Gasteiger partial charge in [-0.3, -0.25) is 0 Å². The number of nitrogens with zero attached hydrogens (tertiary/aromatic N) is 3. The molecule has 2 aromatic heterocycles. The molecule has 56 heavy (non-hydrogen) atoms. The number of thiophene rings is 1. The molecule has 0 fully saturated rings. The van der Waals surface area contributed by atoms with Crippen molar-refractivity contribution in [1.29, 1.82) is 0 Å². The third-order valence-corrected chi connectivity index (χ3v) is 12.4. The Bertz CT molecular complexity index is 3040. The van der Waals surface area contributed by atoms with Crippen LogP contribution >= 0.6 is 11.3 Å². The Morgan fingerprint density at radius 2 is 0.875 bits per heavy atom. The molecule has 0 amide bonds. The highest BCUT2D eigenvalue weighted by Gasteiger charge is 2.47. The van der Waals surface area contributed by atoms with Crippen LogP contribution in [0.3, 0.4) is 0 Å². The molecule has 2 heterocycles. The lowest BCUT2D eigenvalue weighted by atomic mass is 9.66. The Hall–Kier alpha value is -7.01. The molecule has 262 valence electrons. The molecule has 10 aromatic rings. The SMILES string of the molecule is c1ccc(-c2nc(-c3cccc(-c4cccc5c4sc4ccccc45)c3)nc(-c3cccc4c3C(c3ccccc3)(c3ccccc3)c3ccccc3-4)n2)cc1. The number of fused-ring (bicyclic) bond motifs is 6. The molecule has 0 radical (unpaired) electrons.